The second-order valence-corrected chi connectivity index (χ2v) is 4.55. The molecule has 108 valence electrons. The molecule has 19 heavy (non-hydrogen) atoms. The minimum Gasteiger partial charge on any atom is -0.507 e. The molecule has 2 N–H and O–H groups in total. The van der Waals surface area contributed by atoms with Crippen molar-refractivity contribution in [3.8, 4) is 11.5 Å². The average Bonchev–Trinajstić information content (AvgIpc) is 2.44. The maximum atomic E-state index is 9.82. The molecule has 0 heterocycles. The van der Waals surface area contributed by atoms with Gasteiger partial charge < -0.3 is 20.1 Å². The average molecular weight is 266 g/mol. The molecule has 0 amide bonds. The molecule has 4 heteroatoms. The number of nitrogens with zero attached hydrogens (tertiary/aromatic N) is 1. The van der Waals surface area contributed by atoms with Gasteiger partial charge in [0, 0.05) is 18.2 Å². The normalized spacial score (nSPS) is 10.9. The van der Waals surface area contributed by atoms with E-state index in [2.05, 4.69) is 24.1 Å². The molecule has 0 atom stereocenters. The largest absolute Gasteiger partial charge is 0.507 e. The lowest BCUT2D eigenvalue weighted by atomic mass is 10.2. The Hall–Kier alpha value is -1.26. The molecule has 1 aromatic carbocycles. The van der Waals surface area contributed by atoms with Crippen LogP contribution in [0.2, 0.25) is 0 Å². The maximum Gasteiger partial charge on any atom is 0.123 e. The lowest BCUT2D eigenvalue weighted by molar-refractivity contribution is 0.298. The Bertz CT molecular complexity index is 365. The number of rotatable bonds is 9. The van der Waals surface area contributed by atoms with Crippen LogP contribution in [0.15, 0.2) is 18.2 Å². The van der Waals surface area contributed by atoms with E-state index in [9.17, 15) is 5.11 Å². The van der Waals surface area contributed by atoms with Gasteiger partial charge in [-0.05, 0) is 38.7 Å². The van der Waals surface area contributed by atoms with Gasteiger partial charge in [-0.2, -0.15) is 0 Å². The summed E-state index contributed by atoms with van der Waals surface area (Å²) in [7, 11) is 1.60. The molecule has 4 nitrogen and oxygen atoms in total. The third-order valence-corrected chi connectivity index (χ3v) is 3.33. The molecular weight excluding hydrogens is 240 g/mol. The van der Waals surface area contributed by atoms with Crippen LogP contribution in [-0.4, -0.2) is 43.3 Å². The molecule has 0 spiro atoms. The third kappa shape index (κ3) is 5.49. The Morgan fingerprint density at radius 3 is 2.58 bits per heavy atom. The van der Waals surface area contributed by atoms with E-state index in [0.717, 1.165) is 38.2 Å². The SMILES string of the molecule is CCN(CC)CCCNCc1ccc(OC)cc1O. The van der Waals surface area contributed by atoms with Gasteiger partial charge in [-0.3, -0.25) is 0 Å². The topological polar surface area (TPSA) is 44.7 Å². The van der Waals surface area contributed by atoms with E-state index in [4.69, 9.17) is 4.74 Å². The van der Waals surface area contributed by atoms with Gasteiger partial charge in [-0.1, -0.05) is 19.9 Å². The van der Waals surface area contributed by atoms with E-state index < -0.39 is 0 Å². The van der Waals surface area contributed by atoms with Crippen molar-refractivity contribution in [3.05, 3.63) is 23.8 Å². The van der Waals surface area contributed by atoms with E-state index in [1.807, 2.05) is 12.1 Å². The molecular formula is C15H26N2O2. The first-order valence-corrected chi connectivity index (χ1v) is 7.00. The zero-order chi connectivity index (χ0) is 14.1. The molecule has 0 aromatic heterocycles. The van der Waals surface area contributed by atoms with Crippen molar-refractivity contribution in [3.63, 3.8) is 0 Å². The van der Waals surface area contributed by atoms with Crippen LogP contribution in [-0.2, 0) is 6.54 Å². The lowest BCUT2D eigenvalue weighted by Gasteiger charge is -2.17. The maximum absolute atomic E-state index is 9.82. The van der Waals surface area contributed by atoms with Gasteiger partial charge in [0.2, 0.25) is 0 Å². The first-order chi connectivity index (χ1) is 9.21. The lowest BCUT2D eigenvalue weighted by Crippen LogP contribution is -2.27. The summed E-state index contributed by atoms with van der Waals surface area (Å²) in [6.07, 6.45) is 1.12. The summed E-state index contributed by atoms with van der Waals surface area (Å²) in [6, 6.07) is 5.41. The fraction of sp³-hybridized carbons (Fsp3) is 0.600. The van der Waals surface area contributed by atoms with Crippen LogP contribution in [0.1, 0.15) is 25.8 Å². The first kappa shape index (κ1) is 15.8. The smallest absolute Gasteiger partial charge is 0.123 e. The van der Waals surface area contributed by atoms with Crippen LogP contribution in [0.25, 0.3) is 0 Å². The van der Waals surface area contributed by atoms with Crippen molar-refractivity contribution < 1.29 is 9.84 Å². The van der Waals surface area contributed by atoms with E-state index >= 15 is 0 Å². The summed E-state index contributed by atoms with van der Waals surface area (Å²) < 4.78 is 5.06. The summed E-state index contributed by atoms with van der Waals surface area (Å²) >= 11 is 0. The van der Waals surface area contributed by atoms with E-state index in [1.54, 1.807) is 13.2 Å². The Morgan fingerprint density at radius 1 is 1.26 bits per heavy atom. The molecule has 0 aliphatic rings. The van der Waals surface area contributed by atoms with Gasteiger partial charge in [0.05, 0.1) is 7.11 Å². The molecule has 0 unspecified atom stereocenters. The highest BCUT2D eigenvalue weighted by atomic mass is 16.5. The second-order valence-electron chi connectivity index (χ2n) is 4.55. The predicted molar refractivity (Wildman–Crippen MR) is 78.8 cm³/mol. The van der Waals surface area contributed by atoms with Gasteiger partial charge in [0.15, 0.2) is 0 Å². The van der Waals surface area contributed by atoms with Crippen LogP contribution >= 0.6 is 0 Å². The monoisotopic (exact) mass is 266 g/mol. The summed E-state index contributed by atoms with van der Waals surface area (Å²) in [5.74, 6) is 0.971. The van der Waals surface area contributed by atoms with Crippen molar-refractivity contribution in [1.29, 1.82) is 0 Å². The fourth-order valence-electron chi connectivity index (χ4n) is 2.01. The molecule has 0 saturated heterocycles. The van der Waals surface area contributed by atoms with Crippen LogP contribution < -0.4 is 10.1 Å². The molecule has 1 aromatic rings. The molecule has 0 saturated carbocycles. The zero-order valence-electron chi connectivity index (χ0n) is 12.3. The molecule has 0 aliphatic heterocycles. The summed E-state index contributed by atoms with van der Waals surface area (Å²) in [4.78, 5) is 2.41. The Balaban J connectivity index is 2.26. The van der Waals surface area contributed by atoms with Crippen molar-refractivity contribution in [2.75, 3.05) is 33.3 Å². The number of benzene rings is 1. The number of hydrogen-bond acceptors (Lipinski definition) is 4. The number of ether oxygens (including phenoxy) is 1. The van der Waals surface area contributed by atoms with Gasteiger partial charge in [0.25, 0.3) is 0 Å². The standard InChI is InChI=1S/C15H26N2O2/c1-4-17(5-2)10-6-9-16-12-13-7-8-14(19-3)11-15(13)18/h7-8,11,16,18H,4-6,9-10,12H2,1-3H3. The quantitative estimate of drug-likeness (QED) is 0.673. The zero-order valence-corrected chi connectivity index (χ0v) is 12.3. The van der Waals surface area contributed by atoms with Crippen LogP contribution in [0.3, 0.4) is 0 Å². The first-order valence-electron chi connectivity index (χ1n) is 7.00. The van der Waals surface area contributed by atoms with Crippen molar-refractivity contribution >= 4 is 0 Å². The minimum atomic E-state index is 0.288. The molecule has 1 rings (SSSR count). The van der Waals surface area contributed by atoms with E-state index in [-0.39, 0.29) is 5.75 Å². The van der Waals surface area contributed by atoms with E-state index in [0.29, 0.717) is 12.3 Å². The van der Waals surface area contributed by atoms with Crippen molar-refractivity contribution in [2.45, 2.75) is 26.8 Å². The van der Waals surface area contributed by atoms with Gasteiger partial charge in [0.1, 0.15) is 11.5 Å². The Kier molecular flexibility index (Phi) is 7.30. The highest BCUT2D eigenvalue weighted by Gasteiger charge is 2.03. The van der Waals surface area contributed by atoms with Crippen LogP contribution in [0.5, 0.6) is 11.5 Å². The van der Waals surface area contributed by atoms with E-state index in [1.165, 1.54) is 0 Å². The number of methoxy groups -OCH3 is 1. The molecule has 0 fully saturated rings. The third-order valence-electron chi connectivity index (χ3n) is 3.33. The summed E-state index contributed by atoms with van der Waals surface area (Å²) in [6.45, 7) is 9.36. The number of phenolic OH excluding ortho intramolecular Hbond substituents is 1. The fourth-order valence-corrected chi connectivity index (χ4v) is 2.01. The van der Waals surface area contributed by atoms with Gasteiger partial charge >= 0.3 is 0 Å². The minimum absolute atomic E-state index is 0.288. The number of aromatic hydroxyl groups is 1. The predicted octanol–water partition coefficient (Wildman–Crippen LogP) is 2.22. The molecule has 0 aliphatic carbocycles. The Morgan fingerprint density at radius 2 is 2.00 bits per heavy atom. The summed E-state index contributed by atoms with van der Waals surface area (Å²) in [5.41, 5.74) is 0.906. The highest BCUT2D eigenvalue weighted by Crippen LogP contribution is 2.22. The van der Waals surface area contributed by atoms with Crippen LogP contribution in [0, 0.1) is 0 Å². The molecule has 0 bridgehead atoms. The number of nitrogens with one attached hydrogen (secondary N) is 1. The molecule has 0 radical (unpaired) electrons. The summed E-state index contributed by atoms with van der Waals surface area (Å²) in [5, 5.41) is 13.2. The van der Waals surface area contributed by atoms with Gasteiger partial charge in [-0.15, -0.1) is 0 Å². The highest BCUT2D eigenvalue weighted by molar-refractivity contribution is 5.39. The van der Waals surface area contributed by atoms with Crippen molar-refractivity contribution in [2.24, 2.45) is 0 Å². The van der Waals surface area contributed by atoms with Gasteiger partial charge in [-0.25, -0.2) is 0 Å². The number of phenols is 1. The Labute approximate surface area is 116 Å². The van der Waals surface area contributed by atoms with Crippen LogP contribution in [0.4, 0.5) is 0 Å². The van der Waals surface area contributed by atoms with Crippen molar-refractivity contribution in [1.82, 2.24) is 10.2 Å². The second kappa shape index (κ2) is 8.77. The number of hydrogen-bond donors (Lipinski definition) is 2.